The number of halogens is 3. The number of anilines is 1. The van der Waals surface area contributed by atoms with E-state index in [4.69, 9.17) is 9.84 Å². The van der Waals surface area contributed by atoms with Gasteiger partial charge in [0.1, 0.15) is 18.2 Å². The molecule has 0 spiro atoms. The summed E-state index contributed by atoms with van der Waals surface area (Å²) in [7, 11) is 0. The lowest BCUT2D eigenvalue weighted by molar-refractivity contribution is -0.136. The van der Waals surface area contributed by atoms with Gasteiger partial charge in [-0.3, -0.25) is 14.5 Å². The summed E-state index contributed by atoms with van der Waals surface area (Å²) >= 11 is 0. The molecular weight excluding hydrogens is 446 g/mol. The van der Waals surface area contributed by atoms with E-state index in [-0.39, 0.29) is 49.3 Å². The van der Waals surface area contributed by atoms with Crippen molar-refractivity contribution in [1.29, 1.82) is 0 Å². The summed E-state index contributed by atoms with van der Waals surface area (Å²) in [6.07, 6.45) is -0.162. The highest BCUT2D eigenvalue weighted by Gasteiger charge is 2.17. The smallest absolute Gasteiger partial charge is 0.303 e. The van der Waals surface area contributed by atoms with Crippen molar-refractivity contribution in [3.05, 3.63) is 59.9 Å². The topological polar surface area (TPSA) is 70.1 Å². The number of ether oxygens (including phenoxy) is 1. The second-order valence-corrected chi connectivity index (χ2v) is 6.99. The summed E-state index contributed by atoms with van der Waals surface area (Å²) in [5.74, 6) is -0.693. The zero-order chi connectivity index (χ0) is 20.6. The molecule has 3 rings (SSSR count). The average molecular weight is 473 g/mol. The van der Waals surface area contributed by atoms with Gasteiger partial charge in [-0.15, -0.1) is 24.8 Å². The van der Waals surface area contributed by atoms with Crippen molar-refractivity contribution in [2.75, 3.05) is 44.2 Å². The Hall–Kier alpha value is -2.35. The molecule has 6 nitrogen and oxygen atoms in total. The number of Topliss-reactive ketones (excluding diaryl/α,β-unsaturated/α-hetero) is 1. The largest absolute Gasteiger partial charge is 0.492 e. The van der Waals surface area contributed by atoms with Crippen LogP contribution in [0.2, 0.25) is 0 Å². The SMILES string of the molecule is Cl.Cl.O=C(O)CCC(=O)c1ccc(OCCN2CCN(c3ccc(F)cc3)CC2)cc1. The molecule has 2 aromatic carbocycles. The molecule has 0 aromatic heterocycles. The van der Waals surface area contributed by atoms with Crippen LogP contribution in [0, 0.1) is 5.82 Å². The molecule has 170 valence electrons. The van der Waals surface area contributed by atoms with Crippen molar-refractivity contribution >= 4 is 42.3 Å². The van der Waals surface area contributed by atoms with Crippen molar-refractivity contribution < 1.29 is 23.8 Å². The van der Waals surface area contributed by atoms with Gasteiger partial charge >= 0.3 is 5.97 Å². The van der Waals surface area contributed by atoms with E-state index in [0.29, 0.717) is 17.9 Å². The summed E-state index contributed by atoms with van der Waals surface area (Å²) in [6.45, 7) is 4.95. The minimum Gasteiger partial charge on any atom is -0.492 e. The van der Waals surface area contributed by atoms with E-state index in [1.807, 2.05) is 12.1 Å². The number of piperazine rings is 1. The van der Waals surface area contributed by atoms with Gasteiger partial charge in [-0.05, 0) is 48.5 Å². The number of ketones is 1. The Balaban J connectivity index is 0.00000240. The summed E-state index contributed by atoms with van der Waals surface area (Å²) < 4.78 is 18.8. The Morgan fingerprint density at radius 1 is 0.903 bits per heavy atom. The Kier molecular flexibility index (Phi) is 11.3. The molecule has 1 fully saturated rings. The van der Waals surface area contributed by atoms with E-state index in [2.05, 4.69) is 9.80 Å². The first-order valence-corrected chi connectivity index (χ1v) is 9.72. The lowest BCUT2D eigenvalue weighted by Gasteiger charge is -2.36. The zero-order valence-electron chi connectivity index (χ0n) is 17.0. The van der Waals surface area contributed by atoms with Crippen LogP contribution in [0.15, 0.2) is 48.5 Å². The van der Waals surface area contributed by atoms with Crippen LogP contribution in [-0.2, 0) is 4.79 Å². The Morgan fingerprint density at radius 3 is 2.10 bits per heavy atom. The number of hydrogen-bond acceptors (Lipinski definition) is 5. The van der Waals surface area contributed by atoms with Gasteiger partial charge in [0.05, 0.1) is 6.42 Å². The van der Waals surface area contributed by atoms with Crippen molar-refractivity contribution in [1.82, 2.24) is 4.90 Å². The minimum atomic E-state index is -0.975. The number of carboxylic acids is 1. The molecule has 0 saturated carbocycles. The highest BCUT2D eigenvalue weighted by molar-refractivity contribution is 5.97. The molecular formula is C22H27Cl2FN2O4. The summed E-state index contributed by atoms with van der Waals surface area (Å²) in [5.41, 5.74) is 1.54. The van der Waals surface area contributed by atoms with Crippen LogP contribution < -0.4 is 9.64 Å². The number of hydrogen-bond donors (Lipinski definition) is 1. The van der Waals surface area contributed by atoms with Crippen LogP contribution in [-0.4, -0.2) is 61.1 Å². The molecule has 1 heterocycles. The first-order chi connectivity index (χ1) is 14.0. The van der Waals surface area contributed by atoms with Gasteiger partial charge in [-0.1, -0.05) is 0 Å². The van der Waals surface area contributed by atoms with Crippen LogP contribution in [0.25, 0.3) is 0 Å². The average Bonchev–Trinajstić information content (AvgIpc) is 2.73. The molecule has 2 aromatic rings. The molecule has 0 radical (unpaired) electrons. The molecule has 0 amide bonds. The number of nitrogens with zero attached hydrogens (tertiary/aromatic N) is 2. The van der Waals surface area contributed by atoms with Crippen molar-refractivity contribution in [3.63, 3.8) is 0 Å². The number of rotatable bonds is 9. The van der Waals surface area contributed by atoms with Gasteiger partial charge in [0.15, 0.2) is 5.78 Å². The second kappa shape index (κ2) is 13.1. The lowest BCUT2D eigenvalue weighted by atomic mass is 10.1. The number of carbonyl (C=O) groups is 2. The molecule has 1 N–H and O–H groups in total. The van der Waals surface area contributed by atoms with Gasteiger partial charge in [-0.2, -0.15) is 0 Å². The van der Waals surface area contributed by atoms with Crippen LogP contribution in [0.4, 0.5) is 10.1 Å². The summed E-state index contributed by atoms with van der Waals surface area (Å²) in [6, 6.07) is 13.4. The van der Waals surface area contributed by atoms with E-state index in [1.54, 1.807) is 24.3 Å². The number of carboxylic acid groups (broad SMARTS) is 1. The minimum absolute atomic E-state index is 0. The van der Waals surface area contributed by atoms with E-state index in [1.165, 1.54) is 12.1 Å². The molecule has 0 atom stereocenters. The predicted molar refractivity (Wildman–Crippen MR) is 123 cm³/mol. The lowest BCUT2D eigenvalue weighted by Crippen LogP contribution is -2.47. The van der Waals surface area contributed by atoms with Crippen LogP contribution >= 0.6 is 24.8 Å². The third-order valence-electron chi connectivity index (χ3n) is 4.98. The summed E-state index contributed by atoms with van der Waals surface area (Å²) in [5, 5.41) is 8.65. The number of aliphatic carboxylic acids is 1. The number of benzene rings is 2. The van der Waals surface area contributed by atoms with E-state index < -0.39 is 5.97 Å². The maximum absolute atomic E-state index is 13.0. The van der Waals surface area contributed by atoms with E-state index in [9.17, 15) is 14.0 Å². The Bertz CT molecular complexity index is 826. The number of carbonyl (C=O) groups excluding carboxylic acids is 1. The maximum Gasteiger partial charge on any atom is 0.303 e. The predicted octanol–water partition coefficient (Wildman–Crippen LogP) is 3.92. The Morgan fingerprint density at radius 2 is 1.52 bits per heavy atom. The second-order valence-electron chi connectivity index (χ2n) is 6.99. The first kappa shape index (κ1) is 26.7. The molecule has 0 aliphatic carbocycles. The molecule has 1 aliphatic heterocycles. The van der Waals surface area contributed by atoms with Crippen molar-refractivity contribution in [3.8, 4) is 5.75 Å². The van der Waals surface area contributed by atoms with Gasteiger partial charge in [0.2, 0.25) is 0 Å². The van der Waals surface area contributed by atoms with Gasteiger partial charge in [-0.25, -0.2) is 4.39 Å². The zero-order valence-corrected chi connectivity index (χ0v) is 18.7. The molecule has 0 unspecified atom stereocenters. The van der Waals surface area contributed by atoms with Crippen LogP contribution in [0.3, 0.4) is 0 Å². The third-order valence-corrected chi connectivity index (χ3v) is 4.98. The normalized spacial score (nSPS) is 13.6. The maximum atomic E-state index is 13.0. The summed E-state index contributed by atoms with van der Waals surface area (Å²) in [4.78, 5) is 27.0. The van der Waals surface area contributed by atoms with Gasteiger partial charge in [0.25, 0.3) is 0 Å². The fourth-order valence-corrected chi connectivity index (χ4v) is 3.28. The molecule has 1 saturated heterocycles. The molecule has 9 heteroatoms. The first-order valence-electron chi connectivity index (χ1n) is 9.72. The van der Waals surface area contributed by atoms with Crippen molar-refractivity contribution in [2.24, 2.45) is 0 Å². The van der Waals surface area contributed by atoms with E-state index >= 15 is 0 Å². The molecule has 1 aliphatic rings. The third kappa shape index (κ3) is 8.36. The Labute approximate surface area is 193 Å². The quantitative estimate of drug-likeness (QED) is 0.557. The highest BCUT2D eigenvalue weighted by Crippen LogP contribution is 2.17. The fraction of sp³-hybridized carbons (Fsp3) is 0.364. The van der Waals surface area contributed by atoms with E-state index in [0.717, 1.165) is 38.4 Å². The monoisotopic (exact) mass is 472 g/mol. The highest BCUT2D eigenvalue weighted by atomic mass is 35.5. The van der Waals surface area contributed by atoms with Crippen LogP contribution in [0.1, 0.15) is 23.2 Å². The molecule has 0 bridgehead atoms. The fourth-order valence-electron chi connectivity index (χ4n) is 3.28. The van der Waals surface area contributed by atoms with Gasteiger partial charge < -0.3 is 14.7 Å². The standard InChI is InChI=1S/C22H25FN2O4.2ClH/c23-18-3-5-19(6-4-18)25-13-11-24(12-14-25)15-16-29-20-7-1-17(2-8-20)21(26)9-10-22(27)28;;/h1-8H,9-16H2,(H,27,28);2*1H. The van der Waals surface area contributed by atoms with Gasteiger partial charge in [0, 0.05) is 50.4 Å². The molecule has 31 heavy (non-hydrogen) atoms. The van der Waals surface area contributed by atoms with Crippen LogP contribution in [0.5, 0.6) is 5.75 Å². The van der Waals surface area contributed by atoms with Crippen molar-refractivity contribution in [2.45, 2.75) is 12.8 Å².